The molecule has 224 valence electrons. The number of carbonyl (C=O) groups excluding carboxylic acids is 1. The fraction of sp³-hybridized carbons (Fsp3) is 0.200. The number of carbonyl (C=O) groups is 1. The number of nitriles is 1. The van der Waals surface area contributed by atoms with Gasteiger partial charge >= 0.3 is 5.97 Å². The van der Waals surface area contributed by atoms with Crippen LogP contribution in [0.4, 0.5) is 0 Å². The van der Waals surface area contributed by atoms with Crippen molar-refractivity contribution >= 4 is 17.6 Å². The third-order valence-electron chi connectivity index (χ3n) is 7.02. The molecular formula is C35H31ClN2O6. The van der Waals surface area contributed by atoms with Gasteiger partial charge in [0.05, 0.1) is 12.5 Å². The van der Waals surface area contributed by atoms with Crippen molar-refractivity contribution in [1.82, 2.24) is 0 Å². The molecule has 5 rings (SSSR count). The number of esters is 1. The number of hydrogen-bond acceptors (Lipinski definition) is 8. The lowest BCUT2D eigenvalue weighted by atomic mass is 9.83. The molecule has 1 aliphatic heterocycles. The number of allylic oxidation sites excluding steroid dienone is 1. The Labute approximate surface area is 261 Å². The highest BCUT2D eigenvalue weighted by Gasteiger charge is 2.32. The Hall–Kier alpha value is -5.13. The fourth-order valence-corrected chi connectivity index (χ4v) is 5.08. The molecule has 0 aliphatic carbocycles. The van der Waals surface area contributed by atoms with Crippen LogP contribution in [0.1, 0.15) is 40.7 Å². The van der Waals surface area contributed by atoms with Crippen LogP contribution in [-0.2, 0) is 11.4 Å². The minimum absolute atomic E-state index is 0.0346. The molecule has 2 N–H and O–H groups in total. The Kier molecular flexibility index (Phi) is 9.27. The summed E-state index contributed by atoms with van der Waals surface area (Å²) in [7, 11) is 0. The molecule has 1 atom stereocenters. The molecule has 4 aromatic rings. The molecule has 4 aromatic carbocycles. The first-order chi connectivity index (χ1) is 21.2. The van der Waals surface area contributed by atoms with E-state index in [0.29, 0.717) is 46.8 Å². The predicted molar refractivity (Wildman–Crippen MR) is 166 cm³/mol. The molecule has 0 bridgehead atoms. The number of hydrogen-bond donors (Lipinski definition) is 1. The van der Waals surface area contributed by atoms with Crippen molar-refractivity contribution < 1.29 is 28.5 Å². The molecule has 0 radical (unpaired) electrons. The molecule has 1 heterocycles. The summed E-state index contributed by atoms with van der Waals surface area (Å²) in [5.41, 5.74) is 10.9. The zero-order valence-electron chi connectivity index (χ0n) is 24.6. The Bertz CT molecular complexity index is 1760. The van der Waals surface area contributed by atoms with E-state index >= 15 is 0 Å². The molecule has 1 aliphatic rings. The zero-order chi connectivity index (χ0) is 31.2. The van der Waals surface area contributed by atoms with Gasteiger partial charge in [-0.05, 0) is 73.9 Å². The summed E-state index contributed by atoms with van der Waals surface area (Å²) >= 11 is 5.99. The Morgan fingerprint density at radius 2 is 1.70 bits per heavy atom. The molecule has 44 heavy (non-hydrogen) atoms. The van der Waals surface area contributed by atoms with E-state index in [1.54, 1.807) is 36.4 Å². The van der Waals surface area contributed by atoms with Crippen LogP contribution >= 0.6 is 11.6 Å². The summed E-state index contributed by atoms with van der Waals surface area (Å²) in [5, 5.41) is 10.6. The molecule has 8 nitrogen and oxygen atoms in total. The molecule has 0 spiro atoms. The number of rotatable bonds is 10. The van der Waals surface area contributed by atoms with Gasteiger partial charge in [-0.15, -0.1) is 0 Å². The molecule has 0 saturated heterocycles. The maximum absolute atomic E-state index is 12.6. The standard InChI is InChI=1S/C35H31ClN2O6/c1-4-40-32-16-24(9-13-30(32)41-19-23-7-5-21(2)6-8-23)34-27-12-11-26(17-31(27)44-35(38)28(34)18-37)43-33(39)20-42-29-14-10-25(36)15-22(29)3/h5-17,34H,4,19-20,38H2,1-3H3. The van der Waals surface area contributed by atoms with Crippen molar-refractivity contribution in [3.63, 3.8) is 0 Å². The lowest BCUT2D eigenvalue weighted by Gasteiger charge is -2.27. The molecule has 1 unspecified atom stereocenters. The van der Waals surface area contributed by atoms with E-state index in [1.165, 1.54) is 5.56 Å². The van der Waals surface area contributed by atoms with Crippen LogP contribution in [0.2, 0.25) is 5.02 Å². The SMILES string of the molecule is CCOc1cc(C2C(C#N)=C(N)Oc3cc(OC(=O)COc4ccc(Cl)cc4C)ccc32)ccc1OCc1ccc(C)cc1. The molecule has 0 amide bonds. The number of nitrogens with two attached hydrogens (primary N) is 1. The first-order valence-corrected chi connectivity index (χ1v) is 14.4. The number of halogens is 1. The summed E-state index contributed by atoms with van der Waals surface area (Å²) in [6.45, 7) is 6.26. The highest BCUT2D eigenvalue weighted by molar-refractivity contribution is 6.30. The highest BCUT2D eigenvalue weighted by Crippen LogP contribution is 2.45. The average Bonchev–Trinajstić information content (AvgIpc) is 3.00. The predicted octanol–water partition coefficient (Wildman–Crippen LogP) is 7.14. The summed E-state index contributed by atoms with van der Waals surface area (Å²) in [6, 6.07) is 25.9. The quantitative estimate of drug-likeness (QED) is 0.149. The van der Waals surface area contributed by atoms with Crippen LogP contribution < -0.4 is 29.4 Å². The van der Waals surface area contributed by atoms with E-state index < -0.39 is 11.9 Å². The smallest absolute Gasteiger partial charge is 0.349 e. The average molecular weight is 611 g/mol. The first kappa shape index (κ1) is 30.3. The maximum Gasteiger partial charge on any atom is 0.349 e. The Balaban J connectivity index is 1.36. The fourth-order valence-electron chi connectivity index (χ4n) is 4.85. The van der Waals surface area contributed by atoms with Gasteiger partial charge in [0.2, 0.25) is 5.88 Å². The summed E-state index contributed by atoms with van der Waals surface area (Å²) in [4.78, 5) is 12.6. The highest BCUT2D eigenvalue weighted by atomic mass is 35.5. The number of nitrogens with zero attached hydrogens (tertiary/aromatic N) is 1. The van der Waals surface area contributed by atoms with Crippen molar-refractivity contribution in [1.29, 1.82) is 5.26 Å². The third kappa shape index (κ3) is 6.91. The monoisotopic (exact) mass is 610 g/mol. The molecular weight excluding hydrogens is 580 g/mol. The van der Waals surface area contributed by atoms with Crippen LogP contribution in [0.15, 0.2) is 90.3 Å². The van der Waals surface area contributed by atoms with Gasteiger partial charge in [-0.2, -0.15) is 5.26 Å². The molecule has 0 fully saturated rings. The number of aryl methyl sites for hydroxylation is 2. The van der Waals surface area contributed by atoms with E-state index in [2.05, 4.69) is 6.07 Å². The van der Waals surface area contributed by atoms with Gasteiger partial charge < -0.3 is 29.4 Å². The van der Waals surface area contributed by atoms with E-state index in [-0.39, 0.29) is 23.8 Å². The second kappa shape index (κ2) is 13.4. The van der Waals surface area contributed by atoms with Crippen LogP contribution in [0, 0.1) is 25.2 Å². The second-order valence-corrected chi connectivity index (χ2v) is 10.6. The molecule has 0 aromatic heterocycles. The van der Waals surface area contributed by atoms with Gasteiger partial charge in [0.1, 0.15) is 35.5 Å². The van der Waals surface area contributed by atoms with E-state index in [9.17, 15) is 10.1 Å². The van der Waals surface area contributed by atoms with Gasteiger partial charge in [0.25, 0.3) is 0 Å². The van der Waals surface area contributed by atoms with Crippen LogP contribution in [-0.4, -0.2) is 19.2 Å². The normalized spacial score (nSPS) is 13.8. The van der Waals surface area contributed by atoms with Crippen LogP contribution in [0.25, 0.3) is 0 Å². The summed E-state index contributed by atoms with van der Waals surface area (Å²) in [5.74, 6) is 1.08. The van der Waals surface area contributed by atoms with Gasteiger partial charge in [-0.25, -0.2) is 4.79 Å². The second-order valence-electron chi connectivity index (χ2n) is 10.2. The van der Waals surface area contributed by atoms with Crippen molar-refractivity contribution in [3.8, 4) is 34.8 Å². The van der Waals surface area contributed by atoms with Crippen molar-refractivity contribution in [3.05, 3.63) is 123 Å². The number of benzene rings is 4. The zero-order valence-corrected chi connectivity index (χ0v) is 25.3. The third-order valence-corrected chi connectivity index (χ3v) is 7.26. The molecule has 9 heteroatoms. The van der Waals surface area contributed by atoms with E-state index in [4.69, 9.17) is 41.0 Å². The largest absolute Gasteiger partial charge is 0.490 e. The number of ether oxygens (including phenoxy) is 5. The van der Waals surface area contributed by atoms with Crippen molar-refractivity contribution in [2.24, 2.45) is 5.73 Å². The first-order valence-electron chi connectivity index (χ1n) is 14.0. The van der Waals surface area contributed by atoms with Gasteiger partial charge in [-0.3, -0.25) is 0 Å². The van der Waals surface area contributed by atoms with E-state index in [1.807, 2.05) is 63.2 Å². The Morgan fingerprint density at radius 1 is 0.932 bits per heavy atom. The topological polar surface area (TPSA) is 113 Å². The lowest BCUT2D eigenvalue weighted by molar-refractivity contribution is -0.136. The van der Waals surface area contributed by atoms with Crippen LogP contribution in [0.5, 0.6) is 28.7 Å². The van der Waals surface area contributed by atoms with Crippen molar-refractivity contribution in [2.45, 2.75) is 33.3 Å². The Morgan fingerprint density at radius 3 is 2.43 bits per heavy atom. The maximum atomic E-state index is 12.6. The summed E-state index contributed by atoms with van der Waals surface area (Å²) in [6.07, 6.45) is 0. The van der Waals surface area contributed by atoms with Crippen molar-refractivity contribution in [2.75, 3.05) is 13.2 Å². The number of fused-ring (bicyclic) bond motifs is 1. The van der Waals surface area contributed by atoms with Gasteiger partial charge in [0.15, 0.2) is 18.1 Å². The molecule has 0 saturated carbocycles. The van der Waals surface area contributed by atoms with Crippen LogP contribution in [0.3, 0.4) is 0 Å². The van der Waals surface area contributed by atoms with Gasteiger partial charge in [-0.1, -0.05) is 53.6 Å². The minimum atomic E-state index is -0.601. The minimum Gasteiger partial charge on any atom is -0.490 e. The summed E-state index contributed by atoms with van der Waals surface area (Å²) < 4.78 is 28.9. The van der Waals surface area contributed by atoms with Gasteiger partial charge in [0, 0.05) is 16.7 Å². The van der Waals surface area contributed by atoms with E-state index in [0.717, 1.165) is 16.7 Å². The lowest BCUT2D eigenvalue weighted by Crippen LogP contribution is -2.22.